The summed E-state index contributed by atoms with van der Waals surface area (Å²) in [6.45, 7) is 11.5. The Morgan fingerprint density at radius 2 is 1.52 bits per heavy atom. The van der Waals surface area contributed by atoms with E-state index in [4.69, 9.17) is 4.74 Å². The molecule has 0 saturated carbocycles. The fourth-order valence-electron chi connectivity index (χ4n) is 1.65. The Labute approximate surface area is 127 Å². The summed E-state index contributed by atoms with van der Waals surface area (Å²) in [4.78, 5) is 23.8. The van der Waals surface area contributed by atoms with Gasteiger partial charge in [-0.1, -0.05) is 45.0 Å². The first-order chi connectivity index (χ1) is 9.50. The maximum Gasteiger partial charge on any atom is 0.311 e. The Morgan fingerprint density at radius 3 is 2.05 bits per heavy atom. The second-order valence-electron chi connectivity index (χ2n) is 7.50. The van der Waals surface area contributed by atoms with Crippen LogP contribution in [0.4, 0.5) is 0 Å². The molecule has 1 rings (SSSR count). The second kappa shape index (κ2) is 6.42. The van der Waals surface area contributed by atoms with Crippen LogP contribution in [-0.4, -0.2) is 11.8 Å². The van der Waals surface area contributed by atoms with Gasteiger partial charge in [-0.15, -0.1) is 0 Å². The molecule has 0 aliphatic carbocycles. The van der Waals surface area contributed by atoms with Crippen LogP contribution >= 0.6 is 0 Å². The fraction of sp³-hybridized carbons (Fsp3) is 0.556. The molecule has 0 N–H and O–H groups in total. The molecule has 0 amide bonds. The highest BCUT2D eigenvalue weighted by atomic mass is 16.5. The zero-order chi connectivity index (χ0) is 16.3. The van der Waals surface area contributed by atoms with E-state index >= 15 is 0 Å². The largest absolute Gasteiger partial charge is 0.460 e. The van der Waals surface area contributed by atoms with Gasteiger partial charge in [0, 0.05) is 11.8 Å². The first kappa shape index (κ1) is 17.4. The van der Waals surface area contributed by atoms with Crippen LogP contribution in [0.5, 0.6) is 0 Å². The number of hydrogen-bond donors (Lipinski definition) is 0. The molecule has 0 aliphatic heterocycles. The number of rotatable bonds is 4. The monoisotopic (exact) mass is 290 g/mol. The minimum Gasteiger partial charge on any atom is -0.460 e. The Kier molecular flexibility index (Phi) is 5.32. The van der Waals surface area contributed by atoms with Crippen LogP contribution in [0.2, 0.25) is 0 Å². The van der Waals surface area contributed by atoms with E-state index in [1.165, 1.54) is 0 Å². The van der Waals surface area contributed by atoms with Gasteiger partial charge in [0.2, 0.25) is 0 Å². The van der Waals surface area contributed by atoms with E-state index < -0.39 is 5.41 Å². The van der Waals surface area contributed by atoms with Gasteiger partial charge in [-0.25, -0.2) is 0 Å². The van der Waals surface area contributed by atoms with Crippen molar-refractivity contribution in [2.75, 3.05) is 0 Å². The molecule has 0 aromatic heterocycles. The van der Waals surface area contributed by atoms with Gasteiger partial charge in [-0.2, -0.15) is 0 Å². The van der Waals surface area contributed by atoms with E-state index in [9.17, 15) is 9.59 Å². The van der Waals surface area contributed by atoms with Gasteiger partial charge >= 0.3 is 5.97 Å². The molecule has 3 nitrogen and oxygen atoms in total. The number of ketones is 1. The van der Waals surface area contributed by atoms with Gasteiger partial charge in [0.25, 0.3) is 0 Å². The van der Waals surface area contributed by atoms with Crippen LogP contribution in [0.3, 0.4) is 0 Å². The zero-order valence-corrected chi connectivity index (χ0v) is 13.9. The Bertz CT molecular complexity index is 516. The molecule has 0 unspecified atom stereocenters. The summed E-state index contributed by atoms with van der Waals surface area (Å²) in [5.41, 5.74) is 1.03. The number of ether oxygens (including phenoxy) is 1. The molecule has 1 aromatic rings. The first-order valence-corrected chi connectivity index (χ1v) is 7.28. The lowest BCUT2D eigenvalue weighted by Gasteiger charge is -2.18. The third-order valence-corrected chi connectivity index (χ3v) is 3.17. The molecule has 0 bridgehead atoms. The smallest absolute Gasteiger partial charge is 0.311 e. The quantitative estimate of drug-likeness (QED) is 0.789. The normalized spacial score (nSPS) is 12.1. The molecule has 21 heavy (non-hydrogen) atoms. The van der Waals surface area contributed by atoms with Crippen molar-refractivity contribution >= 4 is 11.8 Å². The second-order valence-corrected chi connectivity index (χ2v) is 7.50. The Hall–Kier alpha value is -1.64. The maximum atomic E-state index is 12.1. The van der Waals surface area contributed by atoms with Crippen molar-refractivity contribution in [1.29, 1.82) is 0 Å². The lowest BCUT2D eigenvalue weighted by atomic mass is 9.87. The number of hydrogen-bond acceptors (Lipinski definition) is 3. The zero-order valence-electron chi connectivity index (χ0n) is 13.9. The molecule has 0 radical (unpaired) electrons. The number of Topliss-reactive ketones (excluding diaryl/α,β-unsaturated/α-hetero) is 1. The van der Waals surface area contributed by atoms with E-state index in [1.807, 2.05) is 65.8 Å². The number of carbonyl (C=O) groups is 2. The first-order valence-electron chi connectivity index (χ1n) is 7.28. The highest BCUT2D eigenvalue weighted by Crippen LogP contribution is 2.19. The molecule has 116 valence electrons. The summed E-state index contributed by atoms with van der Waals surface area (Å²) in [5, 5.41) is 0. The minimum absolute atomic E-state index is 0.200. The van der Waals surface area contributed by atoms with Gasteiger partial charge in [0.1, 0.15) is 12.4 Å². The third kappa shape index (κ3) is 5.70. The van der Waals surface area contributed by atoms with E-state index in [-0.39, 0.29) is 23.8 Å². The summed E-state index contributed by atoms with van der Waals surface area (Å²) in [5.74, 6) is -0.0231. The van der Waals surface area contributed by atoms with Gasteiger partial charge in [0.15, 0.2) is 0 Å². The van der Waals surface area contributed by atoms with E-state index in [0.717, 1.165) is 11.1 Å². The molecule has 0 heterocycles. The number of carbonyl (C=O) groups excluding carboxylic acids is 2. The topological polar surface area (TPSA) is 43.4 Å². The number of esters is 1. The molecule has 3 heteroatoms. The van der Waals surface area contributed by atoms with Crippen LogP contribution in [0.25, 0.3) is 0 Å². The third-order valence-electron chi connectivity index (χ3n) is 3.17. The average Bonchev–Trinajstić information content (AvgIpc) is 2.34. The Balaban J connectivity index is 2.69. The highest BCUT2D eigenvalue weighted by molar-refractivity contribution is 5.85. The van der Waals surface area contributed by atoms with E-state index in [0.29, 0.717) is 6.42 Å². The molecular weight excluding hydrogens is 264 g/mol. The maximum absolute atomic E-state index is 12.1. The molecule has 0 spiro atoms. The van der Waals surface area contributed by atoms with Gasteiger partial charge in [-0.3, -0.25) is 9.59 Å². The highest BCUT2D eigenvalue weighted by Gasteiger charge is 2.23. The SMILES string of the molecule is CC(C)(C)C(=O)Cc1cccc(COC(=O)C(C)(C)C)c1. The summed E-state index contributed by atoms with van der Waals surface area (Å²) in [6, 6.07) is 7.66. The molecular formula is C18H26O3. The van der Waals surface area contributed by atoms with Crippen LogP contribution in [0.15, 0.2) is 24.3 Å². The van der Waals surface area contributed by atoms with Gasteiger partial charge in [-0.05, 0) is 31.9 Å². The molecule has 1 aromatic carbocycles. The summed E-state index contributed by atoms with van der Waals surface area (Å²) in [7, 11) is 0. The van der Waals surface area contributed by atoms with E-state index in [2.05, 4.69) is 0 Å². The number of benzene rings is 1. The van der Waals surface area contributed by atoms with Crippen LogP contribution < -0.4 is 0 Å². The molecule has 0 aliphatic rings. The molecule has 0 fully saturated rings. The van der Waals surface area contributed by atoms with E-state index in [1.54, 1.807) is 0 Å². The summed E-state index contributed by atoms with van der Waals surface area (Å²) < 4.78 is 5.30. The van der Waals surface area contributed by atoms with Gasteiger partial charge < -0.3 is 4.74 Å². The van der Waals surface area contributed by atoms with Crippen molar-refractivity contribution in [3.05, 3.63) is 35.4 Å². The summed E-state index contributed by atoms with van der Waals surface area (Å²) in [6.07, 6.45) is 0.407. The lowest BCUT2D eigenvalue weighted by Crippen LogP contribution is -2.23. The van der Waals surface area contributed by atoms with Crippen molar-refractivity contribution in [3.8, 4) is 0 Å². The Morgan fingerprint density at radius 1 is 0.952 bits per heavy atom. The summed E-state index contributed by atoms with van der Waals surface area (Å²) >= 11 is 0. The van der Waals surface area contributed by atoms with Crippen LogP contribution in [0.1, 0.15) is 52.7 Å². The van der Waals surface area contributed by atoms with Crippen molar-refractivity contribution in [1.82, 2.24) is 0 Å². The predicted molar refractivity (Wildman–Crippen MR) is 83.9 cm³/mol. The fourth-order valence-corrected chi connectivity index (χ4v) is 1.65. The van der Waals surface area contributed by atoms with Crippen molar-refractivity contribution in [2.24, 2.45) is 10.8 Å². The van der Waals surface area contributed by atoms with Crippen molar-refractivity contribution < 1.29 is 14.3 Å². The average molecular weight is 290 g/mol. The van der Waals surface area contributed by atoms with Crippen molar-refractivity contribution in [2.45, 2.75) is 54.6 Å². The minimum atomic E-state index is -0.500. The van der Waals surface area contributed by atoms with Gasteiger partial charge in [0.05, 0.1) is 5.41 Å². The lowest BCUT2D eigenvalue weighted by molar-refractivity contribution is -0.154. The standard InChI is InChI=1S/C18H26O3/c1-17(2,3)15(19)11-13-8-7-9-14(10-13)12-21-16(20)18(4,5)6/h7-10H,11-12H2,1-6H3. The van der Waals surface area contributed by atoms with Crippen LogP contribution in [0, 0.1) is 10.8 Å². The van der Waals surface area contributed by atoms with Crippen LogP contribution in [-0.2, 0) is 27.4 Å². The van der Waals surface area contributed by atoms with Crippen molar-refractivity contribution in [3.63, 3.8) is 0 Å². The molecule has 0 saturated heterocycles. The predicted octanol–water partition coefficient (Wildman–Crippen LogP) is 3.93. The molecule has 0 atom stereocenters.